The Bertz CT molecular complexity index is 1260. The maximum Gasteiger partial charge on any atom is 0.348 e. The molecular formula is C25H26N2O7S. The second-order valence-electron chi connectivity index (χ2n) is 7.86. The number of carbonyl (C=O) groups is 3. The summed E-state index contributed by atoms with van der Waals surface area (Å²) in [6, 6.07) is 10.6. The van der Waals surface area contributed by atoms with Gasteiger partial charge in [-0.15, -0.1) is 11.3 Å². The Morgan fingerprint density at radius 2 is 1.77 bits per heavy atom. The van der Waals surface area contributed by atoms with Gasteiger partial charge in [-0.2, -0.15) is 0 Å². The van der Waals surface area contributed by atoms with Crippen molar-refractivity contribution in [1.29, 1.82) is 0 Å². The zero-order chi connectivity index (χ0) is 25.1. The van der Waals surface area contributed by atoms with Crippen molar-refractivity contribution in [3.05, 3.63) is 41.3 Å². The molecule has 9 nitrogen and oxygen atoms in total. The lowest BCUT2D eigenvalue weighted by molar-refractivity contribution is -0.122. The number of benzene rings is 2. The molecule has 1 aliphatic heterocycles. The van der Waals surface area contributed by atoms with Crippen molar-refractivity contribution in [2.45, 2.75) is 13.3 Å². The van der Waals surface area contributed by atoms with Gasteiger partial charge in [-0.3, -0.25) is 9.59 Å². The number of nitrogens with zero attached hydrogens (tertiary/aromatic N) is 1. The number of amides is 2. The van der Waals surface area contributed by atoms with Crippen molar-refractivity contribution < 1.29 is 33.3 Å². The lowest BCUT2D eigenvalue weighted by Crippen LogP contribution is -2.28. The van der Waals surface area contributed by atoms with Crippen LogP contribution in [0.15, 0.2) is 36.4 Å². The highest BCUT2D eigenvalue weighted by atomic mass is 32.1. The molecule has 1 fully saturated rings. The quantitative estimate of drug-likeness (QED) is 0.467. The van der Waals surface area contributed by atoms with Crippen LogP contribution in [0.3, 0.4) is 0 Å². The van der Waals surface area contributed by atoms with Crippen LogP contribution in [-0.2, 0) is 14.3 Å². The van der Waals surface area contributed by atoms with Gasteiger partial charge in [-0.1, -0.05) is 0 Å². The number of thiophene rings is 1. The highest BCUT2D eigenvalue weighted by Crippen LogP contribution is 2.42. The molecule has 0 bridgehead atoms. The Hall–Kier alpha value is -3.79. The van der Waals surface area contributed by atoms with Gasteiger partial charge in [0.2, 0.25) is 17.6 Å². The highest BCUT2D eigenvalue weighted by molar-refractivity contribution is 7.20. The molecule has 1 unspecified atom stereocenters. The molecule has 0 saturated carbocycles. The van der Waals surface area contributed by atoms with E-state index in [0.29, 0.717) is 40.1 Å². The summed E-state index contributed by atoms with van der Waals surface area (Å²) in [5.41, 5.74) is 1.15. The number of hydrogen-bond acceptors (Lipinski definition) is 8. The normalized spacial score (nSPS) is 15.3. The first-order valence-electron chi connectivity index (χ1n) is 11.0. The van der Waals surface area contributed by atoms with E-state index in [0.717, 1.165) is 10.1 Å². The SMILES string of the molecule is CCOC(=O)c1cc2cc(NC(=O)C3CC(=O)N(c4cc(OC)c(OC)c(OC)c4)C3)ccc2s1. The van der Waals surface area contributed by atoms with Crippen molar-refractivity contribution in [3.63, 3.8) is 0 Å². The van der Waals surface area contributed by atoms with E-state index in [1.54, 1.807) is 42.2 Å². The largest absolute Gasteiger partial charge is 0.493 e. The third-order valence-electron chi connectivity index (χ3n) is 5.72. The molecule has 3 aromatic rings. The lowest BCUT2D eigenvalue weighted by Gasteiger charge is -2.20. The van der Waals surface area contributed by atoms with Crippen LogP contribution in [0.2, 0.25) is 0 Å². The predicted molar refractivity (Wildman–Crippen MR) is 133 cm³/mol. The smallest absolute Gasteiger partial charge is 0.348 e. The van der Waals surface area contributed by atoms with Gasteiger partial charge >= 0.3 is 5.97 Å². The molecule has 184 valence electrons. The molecule has 10 heteroatoms. The van der Waals surface area contributed by atoms with E-state index in [1.165, 1.54) is 32.7 Å². The molecule has 4 rings (SSSR count). The molecule has 1 aliphatic rings. The second-order valence-corrected chi connectivity index (χ2v) is 8.95. The standard InChI is InChI=1S/C25H26N2O7S/c1-5-34-25(30)21-9-14-8-16(6-7-20(14)35-21)26-24(29)15-10-22(28)27(13-15)17-11-18(31-2)23(33-4)19(12-17)32-3/h6-9,11-12,15H,5,10,13H2,1-4H3,(H,26,29). The molecule has 0 spiro atoms. The van der Waals surface area contributed by atoms with Gasteiger partial charge in [0.05, 0.1) is 39.5 Å². The average molecular weight is 499 g/mol. The number of esters is 1. The van der Waals surface area contributed by atoms with Crippen molar-refractivity contribution in [1.82, 2.24) is 0 Å². The van der Waals surface area contributed by atoms with Gasteiger partial charge in [-0.25, -0.2) is 4.79 Å². The molecule has 0 aliphatic carbocycles. The van der Waals surface area contributed by atoms with E-state index >= 15 is 0 Å². The fourth-order valence-corrected chi connectivity index (χ4v) is 4.96. The number of fused-ring (bicyclic) bond motifs is 1. The van der Waals surface area contributed by atoms with Crippen molar-refractivity contribution in [3.8, 4) is 17.2 Å². The summed E-state index contributed by atoms with van der Waals surface area (Å²) in [4.78, 5) is 39.8. The van der Waals surface area contributed by atoms with E-state index in [4.69, 9.17) is 18.9 Å². The topological polar surface area (TPSA) is 103 Å². The molecule has 35 heavy (non-hydrogen) atoms. The van der Waals surface area contributed by atoms with Crippen LogP contribution in [0, 0.1) is 5.92 Å². The van der Waals surface area contributed by atoms with E-state index in [-0.39, 0.29) is 30.7 Å². The van der Waals surface area contributed by atoms with Crippen LogP contribution in [0.5, 0.6) is 17.2 Å². The summed E-state index contributed by atoms with van der Waals surface area (Å²) >= 11 is 1.34. The summed E-state index contributed by atoms with van der Waals surface area (Å²) in [5.74, 6) is -0.0528. The third kappa shape index (κ3) is 4.88. The molecule has 2 heterocycles. The fourth-order valence-electron chi connectivity index (χ4n) is 4.02. The van der Waals surface area contributed by atoms with E-state index in [9.17, 15) is 14.4 Å². The Balaban J connectivity index is 1.49. The summed E-state index contributed by atoms with van der Waals surface area (Å²) < 4.78 is 22.1. The minimum Gasteiger partial charge on any atom is -0.493 e. The fraction of sp³-hybridized carbons (Fsp3) is 0.320. The summed E-state index contributed by atoms with van der Waals surface area (Å²) in [5, 5.41) is 3.73. The number of anilines is 2. The molecule has 1 saturated heterocycles. The Morgan fingerprint density at radius 1 is 1.06 bits per heavy atom. The number of ether oxygens (including phenoxy) is 4. The van der Waals surface area contributed by atoms with Crippen LogP contribution in [0.4, 0.5) is 11.4 Å². The number of rotatable bonds is 8. The molecule has 0 radical (unpaired) electrons. The first-order valence-corrected chi connectivity index (χ1v) is 11.8. The van der Waals surface area contributed by atoms with Gasteiger partial charge in [0, 0.05) is 35.5 Å². The third-order valence-corrected chi connectivity index (χ3v) is 6.81. The maximum absolute atomic E-state index is 13.0. The maximum atomic E-state index is 13.0. The van der Waals surface area contributed by atoms with Crippen LogP contribution < -0.4 is 24.4 Å². The minimum atomic E-state index is -0.533. The number of carbonyl (C=O) groups excluding carboxylic acids is 3. The summed E-state index contributed by atoms with van der Waals surface area (Å²) in [6.07, 6.45) is 0.0796. The second kappa shape index (κ2) is 10.2. The first-order chi connectivity index (χ1) is 16.9. The van der Waals surface area contributed by atoms with Gasteiger partial charge in [0.1, 0.15) is 4.88 Å². The highest BCUT2D eigenvalue weighted by Gasteiger charge is 2.36. The molecule has 2 aromatic carbocycles. The molecule has 2 amide bonds. The monoisotopic (exact) mass is 498 g/mol. The molecule has 1 atom stereocenters. The molecular weight excluding hydrogens is 472 g/mol. The Morgan fingerprint density at radius 3 is 2.40 bits per heavy atom. The van der Waals surface area contributed by atoms with E-state index < -0.39 is 5.92 Å². The minimum absolute atomic E-state index is 0.0796. The van der Waals surface area contributed by atoms with Crippen molar-refractivity contribution >= 4 is 50.6 Å². The van der Waals surface area contributed by atoms with Crippen molar-refractivity contribution in [2.24, 2.45) is 5.92 Å². The lowest BCUT2D eigenvalue weighted by atomic mass is 10.1. The van der Waals surface area contributed by atoms with E-state index in [1.807, 2.05) is 6.07 Å². The van der Waals surface area contributed by atoms with Crippen LogP contribution in [0.25, 0.3) is 10.1 Å². The average Bonchev–Trinajstić information content (AvgIpc) is 3.46. The Labute approximate surface area is 206 Å². The predicted octanol–water partition coefficient (Wildman–Crippen LogP) is 4.10. The number of methoxy groups -OCH3 is 3. The molecule has 1 aromatic heterocycles. The van der Waals surface area contributed by atoms with Crippen LogP contribution in [0.1, 0.15) is 23.0 Å². The number of nitrogens with one attached hydrogen (secondary N) is 1. The summed E-state index contributed by atoms with van der Waals surface area (Å²) in [6.45, 7) is 2.29. The van der Waals surface area contributed by atoms with Crippen molar-refractivity contribution in [2.75, 3.05) is 44.7 Å². The van der Waals surface area contributed by atoms with Gasteiger partial charge in [-0.05, 0) is 36.6 Å². The van der Waals surface area contributed by atoms with Crippen LogP contribution >= 0.6 is 11.3 Å². The zero-order valence-corrected chi connectivity index (χ0v) is 20.7. The Kier molecular flexibility index (Phi) is 7.11. The van der Waals surface area contributed by atoms with Gasteiger partial charge < -0.3 is 29.2 Å². The zero-order valence-electron chi connectivity index (χ0n) is 19.9. The van der Waals surface area contributed by atoms with Gasteiger partial charge in [0.25, 0.3) is 0 Å². The molecule has 1 N–H and O–H groups in total. The number of hydrogen-bond donors (Lipinski definition) is 1. The summed E-state index contributed by atoms with van der Waals surface area (Å²) in [7, 11) is 4.51. The van der Waals surface area contributed by atoms with Gasteiger partial charge in [0.15, 0.2) is 11.5 Å². The van der Waals surface area contributed by atoms with E-state index in [2.05, 4.69) is 5.32 Å². The first kappa shape index (κ1) is 24.3. The van der Waals surface area contributed by atoms with Crippen LogP contribution in [-0.4, -0.2) is 52.3 Å².